The van der Waals surface area contributed by atoms with Gasteiger partial charge in [0.25, 0.3) is 5.91 Å². The van der Waals surface area contributed by atoms with Crippen LogP contribution in [0.4, 0.5) is 0 Å². The molecule has 0 spiro atoms. The van der Waals surface area contributed by atoms with Crippen molar-refractivity contribution in [3.63, 3.8) is 0 Å². The summed E-state index contributed by atoms with van der Waals surface area (Å²) in [6, 6.07) is 0.352. The summed E-state index contributed by atoms with van der Waals surface area (Å²) in [6.07, 6.45) is 5.40. The van der Waals surface area contributed by atoms with Crippen molar-refractivity contribution in [1.29, 1.82) is 0 Å². The number of carbonyl (C=O) groups is 1. The Labute approximate surface area is 112 Å². The molecule has 2 rings (SSSR count). The molecule has 0 aromatic carbocycles. The van der Waals surface area contributed by atoms with Crippen molar-refractivity contribution in [2.45, 2.75) is 18.9 Å². The molecule has 1 aromatic heterocycles. The van der Waals surface area contributed by atoms with Crippen LogP contribution in [0.1, 0.15) is 29.4 Å². The Balaban J connectivity index is 0.00000162. The predicted molar refractivity (Wildman–Crippen MR) is 70.9 cm³/mol. The molecule has 100 valence electrons. The number of halogens is 1. The number of nitrogens with one attached hydrogen (secondary N) is 2. The van der Waals surface area contributed by atoms with Crippen LogP contribution in [-0.4, -0.2) is 40.5 Å². The van der Waals surface area contributed by atoms with Crippen LogP contribution in [0.25, 0.3) is 0 Å². The maximum atomic E-state index is 11.6. The van der Waals surface area contributed by atoms with Gasteiger partial charge in [0.05, 0.1) is 12.2 Å². The molecule has 1 saturated heterocycles. The van der Waals surface area contributed by atoms with Crippen LogP contribution in [0, 0.1) is 0 Å². The highest BCUT2D eigenvalue weighted by Crippen LogP contribution is 2.16. The van der Waals surface area contributed by atoms with E-state index in [-0.39, 0.29) is 18.3 Å². The second kappa shape index (κ2) is 7.13. The van der Waals surface area contributed by atoms with Crippen LogP contribution in [0.15, 0.2) is 18.9 Å². The van der Waals surface area contributed by atoms with Crippen molar-refractivity contribution in [2.24, 2.45) is 0 Å². The van der Waals surface area contributed by atoms with Gasteiger partial charge in [-0.1, -0.05) is 11.3 Å². The summed E-state index contributed by atoms with van der Waals surface area (Å²) in [7, 11) is 0. The van der Waals surface area contributed by atoms with E-state index in [1.165, 1.54) is 0 Å². The van der Waals surface area contributed by atoms with E-state index in [4.69, 9.17) is 0 Å². The molecule has 2 N–H and O–H groups in total. The fraction of sp³-hybridized carbons (Fsp3) is 0.545. The van der Waals surface area contributed by atoms with Gasteiger partial charge >= 0.3 is 0 Å². The van der Waals surface area contributed by atoms with Crippen LogP contribution in [0.2, 0.25) is 0 Å². The van der Waals surface area contributed by atoms with Gasteiger partial charge in [0.2, 0.25) is 0 Å². The van der Waals surface area contributed by atoms with E-state index in [1.54, 1.807) is 17.0 Å². The third kappa shape index (κ3) is 3.54. The number of nitrogens with zero attached hydrogens (tertiary/aromatic N) is 3. The fourth-order valence-corrected chi connectivity index (χ4v) is 1.89. The summed E-state index contributed by atoms with van der Waals surface area (Å²) >= 11 is 0. The number of hydrogen-bond acceptors (Lipinski definition) is 4. The predicted octanol–water partition coefficient (Wildman–Crippen LogP) is 0.540. The van der Waals surface area contributed by atoms with Gasteiger partial charge in [0.1, 0.15) is 0 Å². The SMILES string of the molecule is C=CCNC(=O)c1cn(C2CCNCC2)nn1.Cl. The molecule has 0 bridgehead atoms. The standard InChI is InChI=1S/C11H17N5O.ClH/c1-2-5-13-11(17)10-8-16(15-14-10)9-3-6-12-7-4-9;/h2,8-9,12H,1,3-7H2,(H,13,17);1H. The zero-order chi connectivity index (χ0) is 12.1. The van der Waals surface area contributed by atoms with E-state index in [0.717, 1.165) is 25.9 Å². The van der Waals surface area contributed by atoms with E-state index in [0.29, 0.717) is 18.3 Å². The molecule has 6 nitrogen and oxygen atoms in total. The maximum absolute atomic E-state index is 11.6. The van der Waals surface area contributed by atoms with Crippen LogP contribution < -0.4 is 10.6 Å². The zero-order valence-corrected chi connectivity index (χ0v) is 10.9. The second-order valence-corrected chi connectivity index (χ2v) is 4.06. The molecule has 0 atom stereocenters. The molecule has 1 aromatic rings. The van der Waals surface area contributed by atoms with Gasteiger partial charge in [-0.3, -0.25) is 4.79 Å². The lowest BCUT2D eigenvalue weighted by Gasteiger charge is -2.22. The Hall–Kier alpha value is -1.40. The molecule has 2 heterocycles. The Morgan fingerprint density at radius 3 is 3.00 bits per heavy atom. The molecule has 0 saturated carbocycles. The Bertz CT molecular complexity index is 400. The van der Waals surface area contributed by atoms with Gasteiger partial charge in [-0.05, 0) is 25.9 Å². The highest BCUT2D eigenvalue weighted by Gasteiger charge is 2.18. The van der Waals surface area contributed by atoms with E-state index < -0.39 is 0 Å². The van der Waals surface area contributed by atoms with Gasteiger partial charge in [-0.2, -0.15) is 0 Å². The summed E-state index contributed by atoms with van der Waals surface area (Å²) in [4.78, 5) is 11.6. The highest BCUT2D eigenvalue weighted by atomic mass is 35.5. The Morgan fingerprint density at radius 1 is 1.61 bits per heavy atom. The molecule has 1 aliphatic rings. The number of amides is 1. The first-order chi connectivity index (χ1) is 8.31. The quantitative estimate of drug-likeness (QED) is 0.784. The van der Waals surface area contributed by atoms with Crippen molar-refractivity contribution >= 4 is 18.3 Å². The lowest BCUT2D eigenvalue weighted by molar-refractivity contribution is 0.0953. The lowest BCUT2D eigenvalue weighted by atomic mass is 10.1. The van der Waals surface area contributed by atoms with Gasteiger partial charge in [0, 0.05) is 6.54 Å². The lowest BCUT2D eigenvalue weighted by Crippen LogP contribution is -2.29. The molecule has 7 heteroatoms. The van der Waals surface area contributed by atoms with Crippen LogP contribution in [0.5, 0.6) is 0 Å². The van der Waals surface area contributed by atoms with E-state index in [2.05, 4.69) is 27.5 Å². The zero-order valence-electron chi connectivity index (χ0n) is 10.1. The van der Waals surface area contributed by atoms with Gasteiger partial charge in [0.15, 0.2) is 5.69 Å². The van der Waals surface area contributed by atoms with Gasteiger partial charge in [-0.15, -0.1) is 24.1 Å². The smallest absolute Gasteiger partial charge is 0.273 e. The maximum Gasteiger partial charge on any atom is 0.273 e. The monoisotopic (exact) mass is 271 g/mol. The second-order valence-electron chi connectivity index (χ2n) is 4.06. The van der Waals surface area contributed by atoms with Crippen molar-refractivity contribution in [3.05, 3.63) is 24.5 Å². The minimum Gasteiger partial charge on any atom is -0.347 e. The molecular weight excluding hydrogens is 254 g/mol. The van der Waals surface area contributed by atoms with Gasteiger partial charge < -0.3 is 10.6 Å². The molecular formula is C11H18ClN5O. The molecule has 1 fully saturated rings. The molecule has 18 heavy (non-hydrogen) atoms. The number of aromatic nitrogens is 3. The number of carbonyl (C=O) groups excluding carboxylic acids is 1. The Morgan fingerprint density at radius 2 is 2.33 bits per heavy atom. The molecule has 1 aliphatic heterocycles. The average molecular weight is 272 g/mol. The molecule has 0 unspecified atom stereocenters. The fourth-order valence-electron chi connectivity index (χ4n) is 1.89. The first-order valence-corrected chi connectivity index (χ1v) is 5.83. The van der Waals surface area contributed by atoms with E-state index >= 15 is 0 Å². The van der Waals surface area contributed by atoms with Crippen LogP contribution >= 0.6 is 12.4 Å². The van der Waals surface area contributed by atoms with Crippen molar-refractivity contribution in [3.8, 4) is 0 Å². The Kier molecular flexibility index (Phi) is 5.80. The van der Waals surface area contributed by atoms with Crippen LogP contribution in [0.3, 0.4) is 0 Å². The minimum atomic E-state index is -0.204. The van der Waals surface area contributed by atoms with Gasteiger partial charge in [-0.25, -0.2) is 4.68 Å². The average Bonchev–Trinajstić information content (AvgIpc) is 2.86. The largest absolute Gasteiger partial charge is 0.347 e. The van der Waals surface area contributed by atoms with Crippen molar-refractivity contribution < 1.29 is 4.79 Å². The summed E-state index contributed by atoms with van der Waals surface area (Å²) in [5, 5.41) is 13.9. The highest BCUT2D eigenvalue weighted by molar-refractivity contribution is 5.91. The molecule has 1 amide bonds. The number of hydrogen-bond donors (Lipinski definition) is 2. The summed E-state index contributed by atoms with van der Waals surface area (Å²) < 4.78 is 1.80. The third-order valence-electron chi connectivity index (χ3n) is 2.83. The summed E-state index contributed by atoms with van der Waals surface area (Å²) in [6.45, 7) is 5.96. The topological polar surface area (TPSA) is 71.8 Å². The van der Waals surface area contributed by atoms with E-state index in [1.807, 2.05) is 0 Å². The number of piperidine rings is 1. The van der Waals surface area contributed by atoms with E-state index in [9.17, 15) is 4.79 Å². The third-order valence-corrected chi connectivity index (χ3v) is 2.83. The minimum absolute atomic E-state index is 0. The number of rotatable bonds is 4. The first-order valence-electron chi connectivity index (χ1n) is 5.83. The molecule has 0 radical (unpaired) electrons. The summed E-state index contributed by atoms with van der Waals surface area (Å²) in [5.74, 6) is -0.204. The molecule has 0 aliphatic carbocycles. The van der Waals surface area contributed by atoms with Crippen molar-refractivity contribution in [2.75, 3.05) is 19.6 Å². The normalized spacial score (nSPS) is 15.8. The van der Waals surface area contributed by atoms with Crippen molar-refractivity contribution in [1.82, 2.24) is 25.6 Å². The first kappa shape index (κ1) is 14.7. The summed E-state index contributed by atoms with van der Waals surface area (Å²) in [5.41, 5.74) is 0.366. The van der Waals surface area contributed by atoms with Crippen LogP contribution in [-0.2, 0) is 0 Å².